The number of methoxy groups -OCH3 is 2. The summed E-state index contributed by atoms with van der Waals surface area (Å²) in [6, 6.07) is 10.7. The molecule has 0 radical (unpaired) electrons. The first kappa shape index (κ1) is 18.6. The van der Waals surface area contributed by atoms with Crippen LogP contribution >= 0.6 is 0 Å². The summed E-state index contributed by atoms with van der Waals surface area (Å²) in [4.78, 5) is 24.0. The molecule has 2 amide bonds. The van der Waals surface area contributed by atoms with Gasteiger partial charge >= 0.3 is 0 Å². The van der Waals surface area contributed by atoms with E-state index in [1.807, 2.05) is 18.2 Å². The van der Waals surface area contributed by atoms with Crippen molar-refractivity contribution in [1.29, 1.82) is 0 Å². The predicted molar refractivity (Wildman–Crippen MR) is 102 cm³/mol. The Hall–Kier alpha value is -3.22. The Morgan fingerprint density at radius 3 is 2.78 bits per heavy atom. The predicted octanol–water partition coefficient (Wildman–Crippen LogP) is 2.99. The van der Waals surface area contributed by atoms with E-state index in [0.29, 0.717) is 35.0 Å². The van der Waals surface area contributed by atoms with Crippen molar-refractivity contribution in [3.63, 3.8) is 0 Å². The number of hydrogen-bond donors (Lipinski definition) is 2. The molecule has 3 rings (SSSR count). The summed E-state index contributed by atoms with van der Waals surface area (Å²) in [5.41, 5.74) is 2.03. The minimum Gasteiger partial charge on any atom is -0.493 e. The third-order valence-electron chi connectivity index (χ3n) is 4.30. The molecule has 1 aliphatic heterocycles. The maximum absolute atomic E-state index is 12.3. The third-order valence-corrected chi connectivity index (χ3v) is 4.30. The highest BCUT2D eigenvalue weighted by atomic mass is 16.5. The number of fused-ring (bicyclic) bond motifs is 1. The molecular formula is C20H22N2O5. The van der Waals surface area contributed by atoms with Crippen LogP contribution in [0.15, 0.2) is 36.4 Å². The number of anilines is 2. The fraction of sp³-hybridized carbons (Fsp3) is 0.300. The Morgan fingerprint density at radius 2 is 2.04 bits per heavy atom. The molecular weight excluding hydrogens is 348 g/mol. The summed E-state index contributed by atoms with van der Waals surface area (Å²) in [7, 11) is 3.15. The summed E-state index contributed by atoms with van der Waals surface area (Å²) < 4.78 is 16.2. The summed E-state index contributed by atoms with van der Waals surface area (Å²) in [5.74, 6) is 1.50. The minimum atomic E-state index is -0.532. The third kappa shape index (κ3) is 4.13. The molecule has 0 aromatic heterocycles. The summed E-state index contributed by atoms with van der Waals surface area (Å²) >= 11 is 0. The van der Waals surface area contributed by atoms with Crippen molar-refractivity contribution in [2.75, 3.05) is 24.9 Å². The van der Waals surface area contributed by atoms with E-state index in [2.05, 4.69) is 10.6 Å². The molecule has 2 aromatic rings. The fourth-order valence-electron chi connectivity index (χ4n) is 2.91. The Kier molecular flexibility index (Phi) is 5.49. The van der Waals surface area contributed by atoms with E-state index in [9.17, 15) is 9.59 Å². The van der Waals surface area contributed by atoms with Crippen LogP contribution in [0.5, 0.6) is 17.2 Å². The van der Waals surface area contributed by atoms with Gasteiger partial charge in [0.05, 0.1) is 19.9 Å². The van der Waals surface area contributed by atoms with Crippen LogP contribution < -0.4 is 24.8 Å². The zero-order valence-electron chi connectivity index (χ0n) is 15.5. The molecule has 1 atom stereocenters. The molecule has 0 aliphatic carbocycles. The van der Waals surface area contributed by atoms with Crippen molar-refractivity contribution in [3.05, 3.63) is 42.0 Å². The van der Waals surface area contributed by atoms with Gasteiger partial charge < -0.3 is 24.8 Å². The first-order chi connectivity index (χ1) is 13.0. The quantitative estimate of drug-likeness (QED) is 0.816. The van der Waals surface area contributed by atoms with Gasteiger partial charge in [0.2, 0.25) is 5.91 Å². The number of ether oxygens (including phenoxy) is 3. The molecule has 2 N–H and O–H groups in total. The number of para-hydroxylation sites is 1. The normalized spacial score (nSPS) is 15.2. The van der Waals surface area contributed by atoms with Gasteiger partial charge in [-0.2, -0.15) is 0 Å². The molecule has 0 saturated heterocycles. The Balaban J connectivity index is 1.64. The topological polar surface area (TPSA) is 85.9 Å². The van der Waals surface area contributed by atoms with Gasteiger partial charge in [0, 0.05) is 12.1 Å². The van der Waals surface area contributed by atoms with Crippen LogP contribution in [0.3, 0.4) is 0 Å². The van der Waals surface area contributed by atoms with E-state index >= 15 is 0 Å². The number of hydrogen-bond acceptors (Lipinski definition) is 5. The molecule has 27 heavy (non-hydrogen) atoms. The van der Waals surface area contributed by atoms with Crippen molar-refractivity contribution in [2.45, 2.75) is 25.9 Å². The summed E-state index contributed by atoms with van der Waals surface area (Å²) in [6.07, 6.45) is 0.255. The molecule has 0 saturated carbocycles. The number of carbonyl (C=O) groups is 2. The van der Waals surface area contributed by atoms with E-state index in [1.165, 1.54) is 0 Å². The first-order valence-corrected chi connectivity index (χ1v) is 8.63. The lowest BCUT2D eigenvalue weighted by molar-refractivity contribution is -0.122. The van der Waals surface area contributed by atoms with E-state index in [0.717, 1.165) is 5.56 Å². The van der Waals surface area contributed by atoms with Crippen LogP contribution in [0.25, 0.3) is 0 Å². The van der Waals surface area contributed by atoms with Crippen molar-refractivity contribution in [3.8, 4) is 17.2 Å². The number of rotatable bonds is 6. The monoisotopic (exact) mass is 370 g/mol. The van der Waals surface area contributed by atoms with Crippen molar-refractivity contribution < 1.29 is 23.8 Å². The zero-order chi connectivity index (χ0) is 19.4. The number of carbonyl (C=O) groups excluding carboxylic acids is 2. The molecule has 0 bridgehead atoms. The largest absolute Gasteiger partial charge is 0.493 e. The van der Waals surface area contributed by atoms with Gasteiger partial charge in [-0.15, -0.1) is 0 Å². The van der Waals surface area contributed by atoms with E-state index < -0.39 is 6.10 Å². The van der Waals surface area contributed by atoms with Gasteiger partial charge in [-0.3, -0.25) is 9.59 Å². The van der Waals surface area contributed by atoms with Crippen LogP contribution in [0.2, 0.25) is 0 Å². The van der Waals surface area contributed by atoms with Crippen molar-refractivity contribution in [1.82, 2.24) is 0 Å². The second-order valence-corrected chi connectivity index (χ2v) is 6.16. The number of aryl methyl sites for hydroxylation is 1. The molecule has 2 aromatic carbocycles. The van der Waals surface area contributed by atoms with Crippen LogP contribution in [0, 0.1) is 0 Å². The molecule has 0 spiro atoms. The Bertz CT molecular complexity index is 865. The maximum Gasteiger partial charge on any atom is 0.265 e. The minimum absolute atomic E-state index is 0.142. The molecule has 0 fully saturated rings. The molecule has 1 unspecified atom stereocenters. The second-order valence-electron chi connectivity index (χ2n) is 6.16. The smallest absolute Gasteiger partial charge is 0.265 e. The van der Waals surface area contributed by atoms with Gasteiger partial charge in [0.25, 0.3) is 5.91 Å². The number of amides is 2. The number of benzene rings is 2. The molecule has 1 heterocycles. The average Bonchev–Trinajstić information content (AvgIpc) is 2.67. The van der Waals surface area contributed by atoms with Gasteiger partial charge in [-0.05, 0) is 43.2 Å². The van der Waals surface area contributed by atoms with Gasteiger partial charge in [0.1, 0.15) is 5.75 Å². The average molecular weight is 370 g/mol. The van der Waals surface area contributed by atoms with Crippen molar-refractivity contribution >= 4 is 23.2 Å². The number of nitrogens with one attached hydrogen (secondary N) is 2. The van der Waals surface area contributed by atoms with Crippen LogP contribution in [-0.2, 0) is 16.0 Å². The molecule has 1 aliphatic rings. The lowest BCUT2D eigenvalue weighted by Gasteiger charge is -2.23. The van der Waals surface area contributed by atoms with Gasteiger partial charge in [-0.1, -0.05) is 12.1 Å². The standard InChI is InChI=1S/C20H22N2O5/c1-12-20(24)22-15-11-14(8-9-16(15)27-12)21-18(23)10-7-13-5-4-6-17(25-2)19(13)26-3/h4-6,8-9,11-12H,7,10H2,1-3H3,(H,21,23)(H,22,24). The van der Waals surface area contributed by atoms with Crippen molar-refractivity contribution in [2.24, 2.45) is 0 Å². The summed E-state index contributed by atoms with van der Waals surface area (Å²) in [6.45, 7) is 1.68. The highest BCUT2D eigenvalue weighted by Gasteiger charge is 2.23. The maximum atomic E-state index is 12.3. The van der Waals surface area contributed by atoms with E-state index in [4.69, 9.17) is 14.2 Å². The SMILES string of the molecule is COc1cccc(CCC(=O)Nc2ccc3c(c2)NC(=O)C(C)O3)c1OC. The Morgan fingerprint density at radius 1 is 1.22 bits per heavy atom. The highest BCUT2D eigenvalue weighted by Crippen LogP contribution is 2.33. The molecule has 142 valence electrons. The van der Waals surface area contributed by atoms with Crippen LogP contribution in [-0.4, -0.2) is 32.1 Å². The lowest BCUT2D eigenvalue weighted by Crippen LogP contribution is -2.34. The highest BCUT2D eigenvalue weighted by molar-refractivity contribution is 5.99. The first-order valence-electron chi connectivity index (χ1n) is 8.63. The molecule has 7 nitrogen and oxygen atoms in total. The zero-order valence-corrected chi connectivity index (χ0v) is 15.5. The molecule has 7 heteroatoms. The van der Waals surface area contributed by atoms with Gasteiger partial charge in [-0.25, -0.2) is 0 Å². The van der Waals surface area contributed by atoms with E-state index in [1.54, 1.807) is 39.3 Å². The second kappa shape index (κ2) is 7.99. The lowest BCUT2D eigenvalue weighted by atomic mass is 10.1. The van der Waals surface area contributed by atoms with Gasteiger partial charge in [0.15, 0.2) is 17.6 Å². The Labute approximate surface area is 157 Å². The van der Waals surface area contributed by atoms with Crippen LogP contribution in [0.1, 0.15) is 18.9 Å². The summed E-state index contributed by atoms with van der Waals surface area (Å²) in [5, 5.41) is 5.60. The fourth-order valence-corrected chi connectivity index (χ4v) is 2.91. The van der Waals surface area contributed by atoms with E-state index in [-0.39, 0.29) is 18.2 Å². The van der Waals surface area contributed by atoms with Crippen LogP contribution in [0.4, 0.5) is 11.4 Å².